The molecule has 0 bridgehead atoms. The fraction of sp³-hybridized carbons (Fsp3) is 0.182. The first-order valence-corrected chi connectivity index (χ1v) is 9.76. The maximum atomic E-state index is 12.5. The number of nitrogens with one attached hydrogen (secondary N) is 1. The number of methoxy groups -OCH3 is 1. The molecule has 2 aromatic carbocycles. The summed E-state index contributed by atoms with van der Waals surface area (Å²) < 4.78 is 10.1. The molecule has 0 fully saturated rings. The highest BCUT2D eigenvalue weighted by atomic mass is 32.1. The Labute approximate surface area is 167 Å². The lowest BCUT2D eigenvalue weighted by molar-refractivity contribution is -0.142. The summed E-state index contributed by atoms with van der Waals surface area (Å²) in [7, 11) is 1.64. The average molecular weight is 395 g/mol. The Morgan fingerprint density at radius 2 is 1.71 bits per heavy atom. The van der Waals surface area contributed by atoms with Crippen LogP contribution in [0.4, 0.5) is 5.00 Å². The van der Waals surface area contributed by atoms with Crippen molar-refractivity contribution >= 4 is 28.2 Å². The molecule has 0 saturated carbocycles. The second-order valence-electron chi connectivity index (χ2n) is 6.06. The number of hydrogen-bond acceptors (Lipinski definition) is 5. The summed E-state index contributed by atoms with van der Waals surface area (Å²) in [4.78, 5) is 24.0. The van der Waals surface area contributed by atoms with Crippen molar-refractivity contribution < 1.29 is 19.1 Å². The fourth-order valence-corrected chi connectivity index (χ4v) is 3.48. The van der Waals surface area contributed by atoms with Crippen LogP contribution in [0, 0.1) is 0 Å². The minimum atomic E-state index is -0.274. The Bertz CT molecular complexity index is 945. The number of carbonyl (C=O) groups is 2. The van der Waals surface area contributed by atoms with E-state index < -0.39 is 0 Å². The Kier molecular flexibility index (Phi) is 6.45. The molecule has 1 heterocycles. The van der Waals surface area contributed by atoms with Crippen LogP contribution in [0.2, 0.25) is 0 Å². The van der Waals surface area contributed by atoms with Crippen LogP contribution in [0.25, 0.3) is 11.1 Å². The lowest BCUT2D eigenvalue weighted by atomic mass is 10.1. The van der Waals surface area contributed by atoms with Gasteiger partial charge < -0.3 is 14.8 Å². The van der Waals surface area contributed by atoms with E-state index in [1.807, 2.05) is 35.7 Å². The SMILES string of the molecule is CCOC(=O)Cc1ccc(C(=O)Nc2cc(-c3ccc(OC)cc3)cs2)cc1. The molecule has 0 aliphatic rings. The summed E-state index contributed by atoms with van der Waals surface area (Å²) in [5.41, 5.74) is 3.44. The molecular weight excluding hydrogens is 374 g/mol. The third kappa shape index (κ3) is 4.98. The molecule has 0 aliphatic heterocycles. The van der Waals surface area contributed by atoms with E-state index in [9.17, 15) is 9.59 Å². The maximum Gasteiger partial charge on any atom is 0.310 e. The molecule has 3 aromatic rings. The van der Waals surface area contributed by atoms with Gasteiger partial charge in [-0.2, -0.15) is 0 Å². The number of amides is 1. The van der Waals surface area contributed by atoms with Gasteiger partial charge in [0.05, 0.1) is 25.1 Å². The quantitative estimate of drug-likeness (QED) is 0.585. The zero-order chi connectivity index (χ0) is 19.9. The molecule has 0 atom stereocenters. The Morgan fingerprint density at radius 1 is 1.00 bits per heavy atom. The van der Waals surface area contributed by atoms with Crippen LogP contribution in [-0.4, -0.2) is 25.6 Å². The third-order valence-corrected chi connectivity index (χ3v) is 4.98. The maximum absolute atomic E-state index is 12.5. The summed E-state index contributed by atoms with van der Waals surface area (Å²) in [6, 6.07) is 16.7. The largest absolute Gasteiger partial charge is 0.497 e. The van der Waals surface area contributed by atoms with Gasteiger partial charge in [-0.1, -0.05) is 24.3 Å². The highest BCUT2D eigenvalue weighted by molar-refractivity contribution is 7.14. The van der Waals surface area contributed by atoms with Crippen molar-refractivity contribution in [1.82, 2.24) is 0 Å². The predicted octanol–water partition coefficient (Wildman–Crippen LogP) is 4.78. The van der Waals surface area contributed by atoms with Gasteiger partial charge in [-0.25, -0.2) is 0 Å². The van der Waals surface area contributed by atoms with E-state index in [1.165, 1.54) is 11.3 Å². The summed E-state index contributed by atoms with van der Waals surface area (Å²) in [5, 5.41) is 5.68. The number of hydrogen-bond donors (Lipinski definition) is 1. The summed E-state index contributed by atoms with van der Waals surface area (Å²) >= 11 is 1.47. The zero-order valence-corrected chi connectivity index (χ0v) is 16.5. The first-order chi connectivity index (χ1) is 13.6. The number of ether oxygens (including phenoxy) is 2. The minimum absolute atomic E-state index is 0.189. The van der Waals surface area contributed by atoms with E-state index in [0.29, 0.717) is 12.2 Å². The van der Waals surface area contributed by atoms with E-state index in [2.05, 4.69) is 5.32 Å². The average Bonchev–Trinajstić information content (AvgIpc) is 3.17. The summed E-state index contributed by atoms with van der Waals surface area (Å²) in [6.45, 7) is 2.13. The van der Waals surface area contributed by atoms with Crippen molar-refractivity contribution in [1.29, 1.82) is 0 Å². The van der Waals surface area contributed by atoms with E-state index in [4.69, 9.17) is 9.47 Å². The standard InChI is InChI=1S/C22H21NO4S/c1-3-27-21(24)12-15-4-6-17(7-5-15)22(25)23-20-13-18(14-28-20)16-8-10-19(26-2)11-9-16/h4-11,13-14H,3,12H2,1-2H3,(H,23,25). The van der Waals surface area contributed by atoms with E-state index in [1.54, 1.807) is 38.3 Å². The van der Waals surface area contributed by atoms with Gasteiger partial charge >= 0.3 is 5.97 Å². The van der Waals surface area contributed by atoms with Crippen LogP contribution < -0.4 is 10.1 Å². The van der Waals surface area contributed by atoms with Crippen LogP contribution in [0.15, 0.2) is 60.0 Å². The number of thiophene rings is 1. The van der Waals surface area contributed by atoms with Crippen molar-refractivity contribution in [3.63, 3.8) is 0 Å². The van der Waals surface area contributed by atoms with E-state index in [0.717, 1.165) is 27.4 Å². The Morgan fingerprint density at radius 3 is 2.36 bits per heavy atom. The number of rotatable bonds is 7. The Balaban J connectivity index is 1.63. The van der Waals surface area contributed by atoms with Gasteiger partial charge in [0.2, 0.25) is 0 Å². The zero-order valence-electron chi connectivity index (χ0n) is 15.7. The van der Waals surface area contributed by atoms with Crippen molar-refractivity contribution in [3.05, 3.63) is 71.1 Å². The van der Waals surface area contributed by atoms with Crippen LogP contribution in [0.1, 0.15) is 22.8 Å². The van der Waals surface area contributed by atoms with Crippen molar-refractivity contribution in [2.24, 2.45) is 0 Å². The monoisotopic (exact) mass is 395 g/mol. The second kappa shape index (κ2) is 9.19. The van der Waals surface area contributed by atoms with Gasteiger partial charge in [0.15, 0.2) is 0 Å². The molecular formula is C22H21NO4S. The summed E-state index contributed by atoms with van der Waals surface area (Å²) in [6.07, 6.45) is 0.200. The van der Waals surface area contributed by atoms with Gasteiger partial charge in [-0.05, 0) is 53.9 Å². The van der Waals surface area contributed by atoms with Crippen LogP contribution >= 0.6 is 11.3 Å². The Hall–Kier alpha value is -3.12. The van der Waals surface area contributed by atoms with Gasteiger partial charge in [-0.15, -0.1) is 11.3 Å². The third-order valence-electron chi connectivity index (χ3n) is 4.13. The van der Waals surface area contributed by atoms with Gasteiger partial charge in [0.1, 0.15) is 5.75 Å². The van der Waals surface area contributed by atoms with Crippen molar-refractivity contribution in [2.45, 2.75) is 13.3 Å². The number of anilines is 1. The molecule has 6 heteroatoms. The predicted molar refractivity (Wildman–Crippen MR) is 111 cm³/mol. The molecule has 0 saturated heterocycles. The lowest BCUT2D eigenvalue weighted by Gasteiger charge is -2.05. The van der Waals surface area contributed by atoms with Crippen molar-refractivity contribution in [2.75, 3.05) is 19.0 Å². The summed E-state index contributed by atoms with van der Waals surface area (Å²) in [5.74, 6) is 0.342. The number of esters is 1. The molecule has 1 aromatic heterocycles. The molecule has 0 aliphatic carbocycles. The normalized spacial score (nSPS) is 10.4. The van der Waals surface area contributed by atoms with E-state index >= 15 is 0 Å². The minimum Gasteiger partial charge on any atom is -0.497 e. The smallest absolute Gasteiger partial charge is 0.310 e. The van der Waals surface area contributed by atoms with Gasteiger partial charge in [0, 0.05) is 10.9 Å². The first kappa shape index (κ1) is 19.6. The van der Waals surface area contributed by atoms with E-state index in [-0.39, 0.29) is 18.3 Å². The van der Waals surface area contributed by atoms with Gasteiger partial charge in [0.25, 0.3) is 5.91 Å². The first-order valence-electron chi connectivity index (χ1n) is 8.88. The molecule has 1 amide bonds. The fourth-order valence-electron chi connectivity index (χ4n) is 2.67. The molecule has 144 valence electrons. The highest BCUT2D eigenvalue weighted by Crippen LogP contribution is 2.30. The topological polar surface area (TPSA) is 64.6 Å². The number of benzene rings is 2. The number of carbonyl (C=O) groups excluding carboxylic acids is 2. The molecule has 0 radical (unpaired) electrons. The molecule has 0 unspecified atom stereocenters. The molecule has 5 nitrogen and oxygen atoms in total. The van der Waals surface area contributed by atoms with Gasteiger partial charge in [-0.3, -0.25) is 9.59 Å². The second-order valence-corrected chi connectivity index (χ2v) is 6.97. The van der Waals surface area contributed by atoms with Crippen LogP contribution in [0.5, 0.6) is 5.75 Å². The molecule has 3 rings (SSSR count). The van der Waals surface area contributed by atoms with Crippen LogP contribution in [0.3, 0.4) is 0 Å². The molecule has 1 N–H and O–H groups in total. The lowest BCUT2D eigenvalue weighted by Crippen LogP contribution is -2.11. The van der Waals surface area contributed by atoms with Crippen molar-refractivity contribution in [3.8, 4) is 16.9 Å². The highest BCUT2D eigenvalue weighted by Gasteiger charge is 2.10. The van der Waals surface area contributed by atoms with Crippen LogP contribution in [-0.2, 0) is 16.0 Å². The molecule has 0 spiro atoms. The molecule has 28 heavy (non-hydrogen) atoms.